The summed E-state index contributed by atoms with van der Waals surface area (Å²) < 4.78 is 21.9. The van der Waals surface area contributed by atoms with Gasteiger partial charge < -0.3 is 18.9 Å². The molecule has 2 unspecified atom stereocenters. The van der Waals surface area contributed by atoms with E-state index >= 15 is 0 Å². The lowest BCUT2D eigenvalue weighted by Crippen LogP contribution is -2.37. The van der Waals surface area contributed by atoms with Crippen LogP contribution in [0.4, 0.5) is 0 Å². The molecule has 6 heteroatoms. The molecule has 0 aliphatic carbocycles. The molecule has 0 aromatic rings. The molecule has 0 aromatic heterocycles. The lowest BCUT2D eigenvalue weighted by molar-refractivity contribution is -0.0979. The van der Waals surface area contributed by atoms with Gasteiger partial charge in [0.25, 0.3) is 0 Å². The summed E-state index contributed by atoms with van der Waals surface area (Å²) in [5.41, 5.74) is 0.117. The quantitative estimate of drug-likeness (QED) is 0.709. The van der Waals surface area contributed by atoms with Gasteiger partial charge in [-0.15, -0.1) is 0 Å². The second kappa shape index (κ2) is 5.75. The molecule has 2 saturated heterocycles. The monoisotopic (exact) mass is 252 g/mol. The summed E-state index contributed by atoms with van der Waals surface area (Å²) in [6, 6.07) is 0. The van der Waals surface area contributed by atoms with Crippen molar-refractivity contribution < 1.29 is 18.9 Å². The fraction of sp³-hybridized carbons (Fsp3) is 1.00. The second-order valence-electron chi connectivity index (χ2n) is 3.59. The molecular weight excluding hydrogens is 236 g/mol. The van der Waals surface area contributed by atoms with Gasteiger partial charge in [0.1, 0.15) is 10.4 Å². The third-order valence-electron chi connectivity index (χ3n) is 2.12. The topological polar surface area (TPSA) is 36.9 Å². The predicted molar refractivity (Wildman–Crippen MR) is 60.9 cm³/mol. The van der Waals surface area contributed by atoms with E-state index in [0.29, 0.717) is 39.6 Å². The van der Waals surface area contributed by atoms with Crippen molar-refractivity contribution in [3.63, 3.8) is 0 Å². The van der Waals surface area contributed by atoms with Gasteiger partial charge in [0, 0.05) is 0 Å². The molecule has 0 radical (unpaired) electrons. The van der Waals surface area contributed by atoms with Crippen LogP contribution in [0.5, 0.6) is 0 Å². The maximum atomic E-state index is 5.68. The summed E-state index contributed by atoms with van der Waals surface area (Å²) in [4.78, 5) is -0.246. The first-order chi connectivity index (χ1) is 7.29. The maximum absolute atomic E-state index is 5.68. The lowest BCUT2D eigenvalue weighted by Gasteiger charge is -2.33. The summed E-state index contributed by atoms with van der Waals surface area (Å²) in [6.07, 6.45) is 0. The third kappa shape index (κ3) is 3.80. The molecule has 0 aromatic carbocycles. The molecule has 0 saturated carbocycles. The van der Waals surface area contributed by atoms with Crippen LogP contribution in [0.3, 0.4) is 0 Å². The van der Waals surface area contributed by atoms with Crippen molar-refractivity contribution in [3.8, 4) is 0 Å². The van der Waals surface area contributed by atoms with Crippen molar-refractivity contribution in [3.05, 3.63) is 0 Å². The Kier molecular flexibility index (Phi) is 4.60. The molecule has 0 bridgehead atoms. The average molecular weight is 252 g/mol. The maximum Gasteiger partial charge on any atom is 0.144 e. The van der Waals surface area contributed by atoms with Gasteiger partial charge in [0.15, 0.2) is 0 Å². The first-order valence-corrected chi connectivity index (χ1v) is 7.25. The molecule has 0 spiro atoms. The van der Waals surface area contributed by atoms with Gasteiger partial charge >= 0.3 is 0 Å². The Labute approximate surface area is 97.7 Å². The summed E-state index contributed by atoms with van der Waals surface area (Å²) in [6.45, 7) is 6.11. The molecule has 15 heavy (non-hydrogen) atoms. The van der Waals surface area contributed by atoms with Gasteiger partial charge in [-0.2, -0.15) is 0 Å². The van der Waals surface area contributed by atoms with Crippen molar-refractivity contribution in [2.45, 2.75) is 17.3 Å². The highest BCUT2D eigenvalue weighted by atomic mass is 33.1. The van der Waals surface area contributed by atoms with E-state index in [1.165, 1.54) is 0 Å². The van der Waals surface area contributed by atoms with E-state index in [2.05, 4.69) is 0 Å². The van der Waals surface area contributed by atoms with Crippen LogP contribution in [0, 0.1) is 0 Å². The van der Waals surface area contributed by atoms with E-state index in [9.17, 15) is 0 Å². The van der Waals surface area contributed by atoms with Crippen LogP contribution < -0.4 is 0 Å². The van der Waals surface area contributed by atoms with Crippen LogP contribution in [0.15, 0.2) is 0 Å². The van der Waals surface area contributed by atoms with Crippen LogP contribution in [-0.2, 0) is 18.9 Å². The fourth-order valence-electron chi connectivity index (χ4n) is 1.34. The Bertz CT molecular complexity index is 191. The lowest BCUT2D eigenvalue weighted by atomic mass is 10.4. The Morgan fingerprint density at radius 2 is 2.00 bits per heavy atom. The van der Waals surface area contributed by atoms with E-state index in [-0.39, 0.29) is 10.4 Å². The van der Waals surface area contributed by atoms with Crippen molar-refractivity contribution >= 4 is 21.6 Å². The van der Waals surface area contributed by atoms with Gasteiger partial charge in [-0.3, -0.25) is 0 Å². The highest BCUT2D eigenvalue weighted by Crippen LogP contribution is 2.41. The smallest absolute Gasteiger partial charge is 0.144 e. The molecule has 2 aliphatic rings. The highest BCUT2D eigenvalue weighted by Gasteiger charge is 2.31. The summed E-state index contributed by atoms with van der Waals surface area (Å²) in [5.74, 6) is 0. The molecular formula is C9H16O4S2. The second-order valence-corrected chi connectivity index (χ2v) is 6.42. The van der Waals surface area contributed by atoms with Crippen molar-refractivity contribution in [1.29, 1.82) is 0 Å². The zero-order valence-corrected chi connectivity index (χ0v) is 10.4. The van der Waals surface area contributed by atoms with Crippen molar-refractivity contribution in [2.75, 3.05) is 39.6 Å². The predicted octanol–water partition coefficient (Wildman–Crippen LogP) is 1.50. The minimum absolute atomic E-state index is 0.117. The van der Waals surface area contributed by atoms with E-state index in [4.69, 9.17) is 18.9 Å². The highest BCUT2D eigenvalue weighted by molar-refractivity contribution is 8.77. The molecule has 2 heterocycles. The molecule has 2 atom stereocenters. The van der Waals surface area contributed by atoms with Crippen LogP contribution in [-0.4, -0.2) is 50.0 Å². The number of rotatable bonds is 3. The molecule has 88 valence electrons. The molecule has 2 rings (SSSR count). The average Bonchev–Trinajstić information content (AvgIpc) is 2.29. The first kappa shape index (κ1) is 12.0. The molecule has 2 aliphatic heterocycles. The van der Waals surface area contributed by atoms with E-state index in [1.807, 2.05) is 6.92 Å². The minimum atomic E-state index is -0.246. The zero-order valence-electron chi connectivity index (χ0n) is 8.77. The van der Waals surface area contributed by atoms with Crippen LogP contribution in [0.1, 0.15) is 6.92 Å². The first-order valence-electron chi connectivity index (χ1n) is 5.04. The van der Waals surface area contributed by atoms with Crippen LogP contribution in [0.2, 0.25) is 0 Å². The van der Waals surface area contributed by atoms with E-state index in [0.717, 1.165) is 0 Å². The number of hydrogen-bond donors (Lipinski definition) is 0. The van der Waals surface area contributed by atoms with Gasteiger partial charge in [-0.25, -0.2) is 0 Å². The molecule has 4 nitrogen and oxygen atoms in total. The molecule has 0 N–H and O–H groups in total. The Hall–Kier alpha value is 0.540. The third-order valence-corrected chi connectivity index (χ3v) is 5.28. The van der Waals surface area contributed by atoms with E-state index < -0.39 is 0 Å². The Morgan fingerprint density at radius 3 is 2.67 bits per heavy atom. The van der Waals surface area contributed by atoms with Gasteiger partial charge in [0.2, 0.25) is 0 Å². The Balaban J connectivity index is 1.70. The number of hydrogen-bond acceptors (Lipinski definition) is 6. The Morgan fingerprint density at radius 1 is 1.13 bits per heavy atom. The zero-order chi connectivity index (χ0) is 10.6. The fourth-order valence-corrected chi connectivity index (χ4v) is 3.77. The molecule has 0 amide bonds. The van der Waals surface area contributed by atoms with Gasteiger partial charge in [-0.05, 0) is 6.92 Å². The summed E-state index contributed by atoms with van der Waals surface area (Å²) in [7, 11) is 3.34. The minimum Gasteiger partial charge on any atom is -0.375 e. The standard InChI is InChI=1S/C9H16O4S2/c1-9(7-11-3-5-13-9)15-14-8-6-10-2-4-12-8/h8H,2-7H2,1H3. The van der Waals surface area contributed by atoms with Gasteiger partial charge in [0.05, 0.1) is 39.6 Å². The van der Waals surface area contributed by atoms with Crippen molar-refractivity contribution in [1.82, 2.24) is 0 Å². The normalized spacial score (nSPS) is 37.8. The SMILES string of the molecule is CC1(SSC2COCCO2)COCCO1. The summed E-state index contributed by atoms with van der Waals surface area (Å²) in [5, 5.41) is 0. The van der Waals surface area contributed by atoms with Crippen LogP contribution >= 0.6 is 21.6 Å². The summed E-state index contributed by atoms with van der Waals surface area (Å²) >= 11 is 0. The van der Waals surface area contributed by atoms with Crippen molar-refractivity contribution in [2.24, 2.45) is 0 Å². The number of ether oxygens (including phenoxy) is 4. The van der Waals surface area contributed by atoms with Gasteiger partial charge in [-0.1, -0.05) is 21.6 Å². The largest absolute Gasteiger partial charge is 0.375 e. The van der Waals surface area contributed by atoms with Crippen LogP contribution in [0.25, 0.3) is 0 Å². The van der Waals surface area contributed by atoms with E-state index in [1.54, 1.807) is 21.6 Å². The molecule has 2 fully saturated rings.